The van der Waals surface area contributed by atoms with Crippen LogP contribution in [0.3, 0.4) is 0 Å². The van der Waals surface area contributed by atoms with Crippen molar-refractivity contribution in [1.82, 2.24) is 0 Å². The fraction of sp³-hybridized carbons (Fsp3) is 0.871. The maximum Gasteiger partial charge on any atom is 0.306 e. The number of hydrogen-bond donors (Lipinski definition) is 0. The smallest absolute Gasteiger partial charge is 0.306 e. The van der Waals surface area contributed by atoms with Crippen molar-refractivity contribution >= 4 is 17.9 Å². The first-order chi connectivity index (χ1) is 37.5. The third-order valence-electron chi connectivity index (χ3n) is 15.4. The van der Waals surface area contributed by atoms with Crippen LogP contribution in [0, 0.1) is 0 Å². The molecule has 0 bridgehead atoms. The van der Waals surface area contributed by atoms with Gasteiger partial charge in [-0.25, -0.2) is 0 Å². The lowest BCUT2D eigenvalue weighted by molar-refractivity contribution is -0.167. The molecule has 0 aliphatic carbocycles. The molecule has 0 N–H and O–H groups in total. The predicted molar refractivity (Wildman–Crippen MR) is 330 cm³/mol. The zero-order chi connectivity index (χ0) is 55.0. The zero-order valence-corrected chi connectivity index (χ0v) is 51.3. The lowest BCUT2D eigenvalue weighted by Crippen LogP contribution is -2.30. The van der Waals surface area contributed by atoms with Gasteiger partial charge in [0.05, 0.1) is 0 Å². The molecule has 0 heterocycles. The molecule has 0 aromatic carbocycles. The van der Waals surface area contributed by atoms with Gasteiger partial charge in [0.1, 0.15) is 13.2 Å². The summed E-state index contributed by atoms with van der Waals surface area (Å²) in [4.78, 5) is 38.3. The number of allylic oxidation sites excluding steroid dienone is 6. The number of esters is 3. The first-order valence-corrected chi connectivity index (χ1v) is 34.0. The Morgan fingerprint density at radius 1 is 0.263 bits per heavy atom. The van der Waals surface area contributed by atoms with E-state index in [-0.39, 0.29) is 31.1 Å². The average Bonchev–Trinajstić information content (AvgIpc) is 3.42. The van der Waals surface area contributed by atoms with Crippen molar-refractivity contribution in [3.8, 4) is 0 Å². The molecule has 0 fully saturated rings. The Balaban J connectivity index is 4.22. The van der Waals surface area contributed by atoms with Gasteiger partial charge in [-0.2, -0.15) is 0 Å². The van der Waals surface area contributed by atoms with E-state index in [1.807, 2.05) is 0 Å². The van der Waals surface area contributed by atoms with E-state index in [1.165, 1.54) is 263 Å². The monoisotopic (exact) mass is 1070 g/mol. The molecule has 0 aliphatic rings. The predicted octanol–water partition coefficient (Wildman–Crippen LogP) is 23.2. The molecule has 0 rings (SSSR count). The summed E-state index contributed by atoms with van der Waals surface area (Å²) in [6.07, 6.45) is 80.2. The van der Waals surface area contributed by atoms with Crippen LogP contribution >= 0.6 is 0 Å². The number of unbranched alkanes of at least 4 members (excludes halogenated alkanes) is 46. The lowest BCUT2D eigenvalue weighted by atomic mass is 10.0. The largest absolute Gasteiger partial charge is 0.462 e. The molecular formula is C70H130O6. The molecule has 0 radical (unpaired) electrons. The van der Waals surface area contributed by atoms with Gasteiger partial charge in [-0.1, -0.05) is 314 Å². The van der Waals surface area contributed by atoms with E-state index in [9.17, 15) is 14.4 Å². The summed E-state index contributed by atoms with van der Waals surface area (Å²) in [5, 5.41) is 0. The molecule has 6 heteroatoms. The molecule has 0 amide bonds. The van der Waals surface area contributed by atoms with Crippen molar-refractivity contribution in [3.05, 3.63) is 36.5 Å². The Morgan fingerprint density at radius 2 is 0.474 bits per heavy atom. The van der Waals surface area contributed by atoms with Crippen molar-refractivity contribution < 1.29 is 28.6 Å². The molecule has 6 nitrogen and oxygen atoms in total. The maximum atomic E-state index is 12.9. The van der Waals surface area contributed by atoms with E-state index in [2.05, 4.69) is 57.2 Å². The fourth-order valence-corrected chi connectivity index (χ4v) is 10.2. The van der Waals surface area contributed by atoms with Crippen LogP contribution in [-0.4, -0.2) is 37.2 Å². The Labute approximate surface area is 474 Å². The molecule has 0 saturated heterocycles. The number of rotatable bonds is 63. The van der Waals surface area contributed by atoms with Crippen molar-refractivity contribution in [2.75, 3.05) is 13.2 Å². The summed E-state index contributed by atoms with van der Waals surface area (Å²) in [7, 11) is 0. The molecular weight excluding hydrogens is 937 g/mol. The van der Waals surface area contributed by atoms with Gasteiger partial charge in [0, 0.05) is 19.3 Å². The lowest BCUT2D eigenvalue weighted by Gasteiger charge is -2.18. The number of carbonyl (C=O) groups is 3. The van der Waals surface area contributed by atoms with E-state index in [4.69, 9.17) is 14.2 Å². The highest BCUT2D eigenvalue weighted by molar-refractivity contribution is 5.71. The van der Waals surface area contributed by atoms with Gasteiger partial charge in [0.15, 0.2) is 6.10 Å². The van der Waals surface area contributed by atoms with Gasteiger partial charge < -0.3 is 14.2 Å². The van der Waals surface area contributed by atoms with E-state index in [0.29, 0.717) is 19.3 Å². The second-order valence-electron chi connectivity index (χ2n) is 23.1. The highest BCUT2D eigenvalue weighted by Gasteiger charge is 2.19. The van der Waals surface area contributed by atoms with Gasteiger partial charge in [-0.05, 0) is 77.0 Å². The highest BCUT2D eigenvalue weighted by Crippen LogP contribution is 2.18. The van der Waals surface area contributed by atoms with Crippen LogP contribution in [0.25, 0.3) is 0 Å². The standard InChI is InChI=1S/C70H130O6/c1-4-7-10-13-16-19-22-25-27-29-31-32-33-34-35-36-37-38-39-41-42-45-48-51-54-57-60-63-69(72)75-66-67(65-74-68(71)62-59-56-53-50-47-44-24-21-18-15-12-9-6-3)76-70(73)64-61-58-55-52-49-46-43-40-30-28-26-23-20-17-14-11-8-5-2/h20,23,28-31,67H,4-19,21-22,24-27,32-66H2,1-3H3/b23-20-,30-28-,31-29-. The van der Waals surface area contributed by atoms with Crippen molar-refractivity contribution in [1.29, 1.82) is 0 Å². The summed E-state index contributed by atoms with van der Waals surface area (Å²) in [6.45, 7) is 6.68. The Morgan fingerprint density at radius 3 is 0.750 bits per heavy atom. The molecule has 0 saturated carbocycles. The van der Waals surface area contributed by atoms with Crippen LogP contribution in [0.4, 0.5) is 0 Å². The van der Waals surface area contributed by atoms with Crippen LogP contribution in [-0.2, 0) is 28.6 Å². The molecule has 1 atom stereocenters. The molecule has 76 heavy (non-hydrogen) atoms. The van der Waals surface area contributed by atoms with Crippen molar-refractivity contribution in [3.63, 3.8) is 0 Å². The molecule has 1 unspecified atom stereocenters. The van der Waals surface area contributed by atoms with Crippen LogP contribution in [0.1, 0.15) is 374 Å². The molecule has 0 aliphatic heterocycles. The van der Waals surface area contributed by atoms with E-state index < -0.39 is 6.10 Å². The topological polar surface area (TPSA) is 78.9 Å². The Hall–Kier alpha value is -2.37. The Bertz CT molecular complexity index is 1270. The second kappa shape index (κ2) is 65.2. The molecule has 0 spiro atoms. The van der Waals surface area contributed by atoms with Crippen LogP contribution in [0.5, 0.6) is 0 Å². The summed E-state index contributed by atoms with van der Waals surface area (Å²) >= 11 is 0. The van der Waals surface area contributed by atoms with Crippen LogP contribution in [0.2, 0.25) is 0 Å². The maximum absolute atomic E-state index is 12.9. The van der Waals surface area contributed by atoms with Gasteiger partial charge >= 0.3 is 17.9 Å². The second-order valence-corrected chi connectivity index (χ2v) is 23.1. The Kier molecular flexibility index (Phi) is 63.1. The van der Waals surface area contributed by atoms with E-state index in [0.717, 1.165) is 70.6 Å². The third kappa shape index (κ3) is 62.5. The van der Waals surface area contributed by atoms with Crippen LogP contribution in [0.15, 0.2) is 36.5 Å². The van der Waals surface area contributed by atoms with E-state index >= 15 is 0 Å². The van der Waals surface area contributed by atoms with Gasteiger partial charge in [0.2, 0.25) is 0 Å². The fourth-order valence-electron chi connectivity index (χ4n) is 10.2. The molecule has 0 aromatic heterocycles. The quantitative estimate of drug-likeness (QED) is 0.0261. The van der Waals surface area contributed by atoms with Gasteiger partial charge in [-0.3, -0.25) is 14.4 Å². The summed E-state index contributed by atoms with van der Waals surface area (Å²) < 4.78 is 17.0. The van der Waals surface area contributed by atoms with Gasteiger partial charge in [-0.15, -0.1) is 0 Å². The van der Waals surface area contributed by atoms with Crippen molar-refractivity contribution in [2.24, 2.45) is 0 Å². The average molecular weight is 1070 g/mol. The number of ether oxygens (including phenoxy) is 3. The SMILES string of the molecule is CCCCCC/C=C\C/C=C\CCCCCCCCCC(=O)OC(COC(=O)CCCCCCCCCCCCCCC)COC(=O)CCCCCCCCCCCCCCCCC/C=C\CCCCCCCCCC. The molecule has 446 valence electrons. The van der Waals surface area contributed by atoms with E-state index in [1.54, 1.807) is 0 Å². The molecule has 0 aromatic rings. The normalized spacial score (nSPS) is 12.2. The minimum Gasteiger partial charge on any atom is -0.462 e. The minimum atomic E-state index is -0.774. The number of hydrogen-bond acceptors (Lipinski definition) is 6. The first kappa shape index (κ1) is 73.6. The number of carbonyl (C=O) groups excluding carboxylic acids is 3. The van der Waals surface area contributed by atoms with Crippen LogP contribution < -0.4 is 0 Å². The summed E-state index contributed by atoms with van der Waals surface area (Å²) in [6, 6.07) is 0. The van der Waals surface area contributed by atoms with Crippen molar-refractivity contribution in [2.45, 2.75) is 380 Å². The first-order valence-electron chi connectivity index (χ1n) is 34.0. The highest BCUT2D eigenvalue weighted by atomic mass is 16.6. The third-order valence-corrected chi connectivity index (χ3v) is 15.4. The summed E-state index contributed by atoms with van der Waals surface area (Å²) in [5.74, 6) is -0.852. The van der Waals surface area contributed by atoms with Gasteiger partial charge in [0.25, 0.3) is 0 Å². The zero-order valence-electron chi connectivity index (χ0n) is 51.3. The minimum absolute atomic E-state index is 0.0704. The summed E-state index contributed by atoms with van der Waals surface area (Å²) in [5.41, 5.74) is 0.